The number of aryl methyl sites for hydroxylation is 1. The summed E-state index contributed by atoms with van der Waals surface area (Å²) in [4.78, 5) is 39.4. The second-order valence-electron chi connectivity index (χ2n) is 8.26. The Hall–Kier alpha value is -4.63. The maximum Gasteiger partial charge on any atom is 0.329 e. The average molecular weight is 498 g/mol. The van der Waals surface area contributed by atoms with Crippen molar-refractivity contribution >= 4 is 51.2 Å². The number of anilines is 3. The van der Waals surface area contributed by atoms with Gasteiger partial charge in [0.25, 0.3) is 11.8 Å². The quantitative estimate of drug-likeness (QED) is 0.299. The molecule has 0 spiro atoms. The van der Waals surface area contributed by atoms with E-state index in [-0.39, 0.29) is 24.0 Å². The molecule has 5 aromatic rings. The summed E-state index contributed by atoms with van der Waals surface area (Å²) < 4.78 is 3.24. The number of carbonyl (C=O) groups is 2. The Morgan fingerprint density at radius 3 is 2.33 bits per heavy atom. The topological polar surface area (TPSA) is 111 Å². The van der Waals surface area contributed by atoms with Gasteiger partial charge in [-0.1, -0.05) is 36.4 Å². The number of nitrogens with zero attached hydrogens (tertiary/aromatic N) is 2. The van der Waals surface area contributed by atoms with Crippen LogP contribution in [0.5, 0.6) is 0 Å². The Balaban J connectivity index is 1.53. The van der Waals surface area contributed by atoms with Crippen LogP contribution in [0, 0.1) is 0 Å². The van der Waals surface area contributed by atoms with Crippen molar-refractivity contribution in [2.45, 2.75) is 6.54 Å². The van der Waals surface area contributed by atoms with Gasteiger partial charge in [-0.2, -0.15) is 0 Å². The van der Waals surface area contributed by atoms with Crippen LogP contribution < -0.4 is 22.1 Å². The Morgan fingerprint density at radius 1 is 0.861 bits per heavy atom. The number of rotatable bonds is 6. The Bertz CT molecular complexity index is 1650. The lowest BCUT2D eigenvalue weighted by Crippen LogP contribution is -2.23. The van der Waals surface area contributed by atoms with Gasteiger partial charge in [0.1, 0.15) is 0 Å². The number of aromatic nitrogens is 2. The van der Waals surface area contributed by atoms with E-state index < -0.39 is 0 Å². The standard InChI is InChI=1S/C27H23N5O3S/c1-31-22-9-4-5-10-23(22)32(27(31)35)16-18-13-12-17(25(33)29-20-8-3-2-7-19(20)28)15-21(18)30-26(34)24-11-6-14-36-24/h2-15H,16,28H2,1H3,(H,29,33)(H,30,34). The van der Waals surface area contributed by atoms with Crippen LogP contribution in [-0.4, -0.2) is 20.9 Å². The molecule has 0 aliphatic carbocycles. The lowest BCUT2D eigenvalue weighted by Gasteiger charge is -2.14. The van der Waals surface area contributed by atoms with E-state index in [1.807, 2.05) is 29.6 Å². The minimum absolute atomic E-state index is 0.173. The Labute approximate surface area is 210 Å². The number of hydrogen-bond acceptors (Lipinski definition) is 5. The molecule has 0 atom stereocenters. The summed E-state index contributed by atoms with van der Waals surface area (Å²) in [5.41, 5.74) is 9.80. The summed E-state index contributed by atoms with van der Waals surface area (Å²) in [7, 11) is 1.73. The van der Waals surface area contributed by atoms with Crippen molar-refractivity contribution in [2.24, 2.45) is 7.05 Å². The molecule has 4 N–H and O–H groups in total. The predicted octanol–water partition coefficient (Wildman–Crippen LogP) is 4.54. The first-order chi connectivity index (χ1) is 17.4. The largest absolute Gasteiger partial charge is 0.397 e. The van der Waals surface area contributed by atoms with Crippen LogP contribution in [0.4, 0.5) is 17.1 Å². The number of hydrogen-bond donors (Lipinski definition) is 3. The number of nitrogens with one attached hydrogen (secondary N) is 2. The van der Waals surface area contributed by atoms with Crippen LogP contribution in [0.25, 0.3) is 11.0 Å². The van der Waals surface area contributed by atoms with Crippen molar-refractivity contribution in [1.29, 1.82) is 0 Å². The summed E-state index contributed by atoms with van der Waals surface area (Å²) in [5, 5.41) is 7.55. The fourth-order valence-electron chi connectivity index (χ4n) is 4.06. The molecule has 0 aliphatic heterocycles. The van der Waals surface area contributed by atoms with Crippen LogP contribution in [-0.2, 0) is 13.6 Å². The smallest absolute Gasteiger partial charge is 0.329 e. The number of nitrogen functional groups attached to an aromatic ring is 1. The highest BCUT2D eigenvalue weighted by atomic mass is 32.1. The zero-order valence-electron chi connectivity index (χ0n) is 19.4. The molecule has 180 valence electrons. The van der Waals surface area contributed by atoms with Gasteiger partial charge in [0.2, 0.25) is 0 Å². The predicted molar refractivity (Wildman–Crippen MR) is 144 cm³/mol. The van der Waals surface area contributed by atoms with Crippen LogP contribution >= 0.6 is 11.3 Å². The molecule has 0 unspecified atom stereocenters. The number of para-hydroxylation sites is 4. The molecule has 0 fully saturated rings. The van der Waals surface area contributed by atoms with Crippen molar-refractivity contribution in [3.8, 4) is 0 Å². The molecule has 0 radical (unpaired) electrons. The molecule has 2 amide bonds. The van der Waals surface area contributed by atoms with Crippen LogP contribution in [0.15, 0.2) is 89.0 Å². The lowest BCUT2D eigenvalue weighted by molar-refractivity contribution is 0.101. The number of thiophene rings is 1. The number of benzene rings is 3. The first-order valence-electron chi connectivity index (χ1n) is 11.2. The molecule has 0 saturated carbocycles. The van der Waals surface area contributed by atoms with Gasteiger partial charge in [-0.05, 0) is 53.4 Å². The second-order valence-corrected chi connectivity index (χ2v) is 9.21. The van der Waals surface area contributed by atoms with E-state index in [1.165, 1.54) is 11.3 Å². The highest BCUT2D eigenvalue weighted by Gasteiger charge is 2.17. The van der Waals surface area contributed by atoms with E-state index in [1.54, 1.807) is 70.8 Å². The number of nitrogens with two attached hydrogens (primary N) is 1. The summed E-state index contributed by atoms with van der Waals surface area (Å²) in [6.45, 7) is 0.216. The van der Waals surface area contributed by atoms with Crippen molar-refractivity contribution < 1.29 is 9.59 Å². The van der Waals surface area contributed by atoms with Crippen LogP contribution in [0.2, 0.25) is 0 Å². The molecular weight excluding hydrogens is 474 g/mol. The van der Waals surface area contributed by atoms with E-state index in [0.29, 0.717) is 33.1 Å². The summed E-state index contributed by atoms with van der Waals surface area (Å²) in [5.74, 6) is -0.658. The molecule has 2 heterocycles. The number of fused-ring (bicyclic) bond motifs is 1. The maximum absolute atomic E-state index is 13.0. The number of carbonyl (C=O) groups excluding carboxylic acids is 2. The van der Waals surface area contributed by atoms with E-state index >= 15 is 0 Å². The van der Waals surface area contributed by atoms with E-state index in [0.717, 1.165) is 11.0 Å². The minimum Gasteiger partial charge on any atom is -0.397 e. The fraction of sp³-hybridized carbons (Fsp3) is 0.0741. The van der Waals surface area contributed by atoms with Gasteiger partial charge in [0, 0.05) is 18.3 Å². The van der Waals surface area contributed by atoms with Crippen LogP contribution in [0.1, 0.15) is 25.6 Å². The second kappa shape index (κ2) is 9.55. The van der Waals surface area contributed by atoms with Gasteiger partial charge >= 0.3 is 5.69 Å². The molecule has 2 aromatic heterocycles. The molecule has 0 bridgehead atoms. The third-order valence-corrected chi connectivity index (χ3v) is 6.82. The van der Waals surface area contributed by atoms with Crippen molar-refractivity contribution in [1.82, 2.24) is 9.13 Å². The summed E-state index contributed by atoms with van der Waals surface area (Å²) in [6.07, 6.45) is 0. The molecule has 5 rings (SSSR count). The van der Waals surface area contributed by atoms with E-state index in [2.05, 4.69) is 10.6 Å². The van der Waals surface area contributed by atoms with Crippen LogP contribution in [0.3, 0.4) is 0 Å². The van der Waals surface area contributed by atoms with Gasteiger partial charge in [-0.25, -0.2) is 4.79 Å². The van der Waals surface area contributed by atoms with Gasteiger partial charge < -0.3 is 16.4 Å². The van der Waals surface area contributed by atoms with Gasteiger partial charge in [-0.3, -0.25) is 18.7 Å². The normalized spacial score (nSPS) is 10.9. The molecule has 0 saturated heterocycles. The van der Waals surface area contributed by atoms with Crippen molar-refractivity contribution in [3.05, 3.63) is 111 Å². The van der Waals surface area contributed by atoms with Crippen molar-refractivity contribution in [2.75, 3.05) is 16.4 Å². The molecule has 3 aromatic carbocycles. The summed E-state index contributed by atoms with van der Waals surface area (Å²) >= 11 is 1.32. The average Bonchev–Trinajstić information content (AvgIpc) is 3.51. The van der Waals surface area contributed by atoms with Gasteiger partial charge in [0.05, 0.1) is 33.8 Å². The van der Waals surface area contributed by atoms with E-state index in [9.17, 15) is 14.4 Å². The SMILES string of the molecule is Cn1c(=O)n(Cc2ccc(C(=O)Nc3ccccc3N)cc2NC(=O)c2cccs2)c2ccccc21. The monoisotopic (exact) mass is 497 g/mol. The minimum atomic E-state index is -0.367. The highest BCUT2D eigenvalue weighted by Crippen LogP contribution is 2.24. The zero-order chi connectivity index (χ0) is 25.2. The van der Waals surface area contributed by atoms with Gasteiger partial charge in [-0.15, -0.1) is 11.3 Å². The fourth-order valence-corrected chi connectivity index (χ4v) is 4.67. The molecular formula is C27H23N5O3S. The Morgan fingerprint density at radius 2 is 1.58 bits per heavy atom. The third-order valence-electron chi connectivity index (χ3n) is 5.95. The Kier molecular flexibility index (Phi) is 6.14. The molecule has 8 nitrogen and oxygen atoms in total. The van der Waals surface area contributed by atoms with Gasteiger partial charge in [0.15, 0.2) is 0 Å². The summed E-state index contributed by atoms with van der Waals surface area (Å²) in [6, 6.07) is 23.1. The van der Waals surface area contributed by atoms with E-state index in [4.69, 9.17) is 5.73 Å². The van der Waals surface area contributed by atoms with Crippen molar-refractivity contribution in [3.63, 3.8) is 0 Å². The zero-order valence-corrected chi connectivity index (χ0v) is 20.2. The number of amides is 2. The first kappa shape index (κ1) is 23.1. The molecule has 36 heavy (non-hydrogen) atoms. The maximum atomic E-state index is 13.0. The molecule has 9 heteroatoms. The lowest BCUT2D eigenvalue weighted by atomic mass is 10.1. The molecule has 0 aliphatic rings. The first-order valence-corrected chi connectivity index (χ1v) is 12.1. The number of imidazole rings is 1. The third kappa shape index (κ3) is 4.39. The highest BCUT2D eigenvalue weighted by molar-refractivity contribution is 7.12.